The van der Waals surface area contributed by atoms with Gasteiger partial charge < -0.3 is 14.8 Å². The molecular formula is C22H19BrINO3. The first-order valence-corrected chi connectivity index (χ1v) is 10.6. The van der Waals surface area contributed by atoms with E-state index in [-0.39, 0.29) is 5.91 Å². The highest BCUT2D eigenvalue weighted by Gasteiger charge is 2.16. The molecule has 0 aliphatic heterocycles. The third-order valence-corrected chi connectivity index (χ3v) is 5.21. The minimum absolute atomic E-state index is 0.213. The molecule has 0 saturated heterocycles. The molecule has 1 amide bonds. The summed E-state index contributed by atoms with van der Waals surface area (Å²) in [7, 11) is 0. The van der Waals surface area contributed by atoms with Gasteiger partial charge in [0.05, 0.1) is 11.1 Å². The Morgan fingerprint density at radius 1 is 1.04 bits per heavy atom. The molecule has 0 unspecified atom stereocenters. The van der Waals surface area contributed by atoms with Crippen LogP contribution in [0.15, 0.2) is 71.2 Å². The number of nitrogens with one attached hydrogen (secondary N) is 1. The Morgan fingerprint density at radius 3 is 2.43 bits per heavy atom. The number of hydrogen-bond acceptors (Lipinski definition) is 3. The maximum atomic E-state index is 12.7. The van der Waals surface area contributed by atoms with Crippen molar-refractivity contribution in [3.05, 3.63) is 85.9 Å². The van der Waals surface area contributed by atoms with Gasteiger partial charge in [-0.3, -0.25) is 4.79 Å². The van der Waals surface area contributed by atoms with Gasteiger partial charge in [0.25, 0.3) is 5.91 Å². The van der Waals surface area contributed by atoms with Crippen molar-refractivity contribution in [3.8, 4) is 11.5 Å². The molecule has 0 fully saturated rings. The third-order valence-electron chi connectivity index (χ3n) is 3.90. The molecule has 0 heterocycles. The Hall–Kier alpha value is -2.06. The van der Waals surface area contributed by atoms with Crippen LogP contribution in [0, 0.1) is 3.57 Å². The van der Waals surface area contributed by atoms with Gasteiger partial charge in [0, 0.05) is 14.8 Å². The molecule has 0 spiro atoms. The van der Waals surface area contributed by atoms with Gasteiger partial charge in [0.2, 0.25) is 0 Å². The first kappa shape index (κ1) is 20.7. The van der Waals surface area contributed by atoms with Crippen molar-refractivity contribution < 1.29 is 14.3 Å². The van der Waals surface area contributed by atoms with Gasteiger partial charge in [-0.2, -0.15) is 0 Å². The van der Waals surface area contributed by atoms with Gasteiger partial charge in [-0.25, -0.2) is 0 Å². The van der Waals surface area contributed by atoms with Crippen molar-refractivity contribution in [1.82, 2.24) is 0 Å². The summed E-state index contributed by atoms with van der Waals surface area (Å²) in [5.74, 6) is 0.895. The van der Waals surface area contributed by atoms with E-state index in [0.29, 0.717) is 34.7 Å². The first-order chi connectivity index (χ1) is 13.6. The molecule has 0 aliphatic rings. The molecule has 6 heteroatoms. The van der Waals surface area contributed by atoms with E-state index >= 15 is 0 Å². The Labute approximate surface area is 186 Å². The topological polar surface area (TPSA) is 47.6 Å². The predicted molar refractivity (Wildman–Crippen MR) is 123 cm³/mol. The molecule has 0 bridgehead atoms. The minimum Gasteiger partial charge on any atom is -0.489 e. The zero-order valence-electron chi connectivity index (χ0n) is 15.2. The SMILES string of the molecule is CCOc1c(Br)cc(C(=O)Nc2ccc(I)cc2)cc1OCc1ccccc1. The molecule has 3 rings (SSSR count). The number of hydrogen-bond donors (Lipinski definition) is 1. The predicted octanol–water partition coefficient (Wildman–Crippen LogP) is 6.28. The Bertz CT molecular complexity index is 946. The fourth-order valence-corrected chi connectivity index (χ4v) is 3.48. The number of amides is 1. The second-order valence-electron chi connectivity index (χ2n) is 5.95. The van der Waals surface area contributed by atoms with Gasteiger partial charge in [0.15, 0.2) is 11.5 Å². The molecule has 0 aliphatic carbocycles. The van der Waals surface area contributed by atoms with E-state index in [1.807, 2.05) is 61.5 Å². The summed E-state index contributed by atoms with van der Waals surface area (Å²) >= 11 is 5.73. The first-order valence-electron chi connectivity index (χ1n) is 8.77. The van der Waals surface area contributed by atoms with Crippen LogP contribution in [0.25, 0.3) is 0 Å². The summed E-state index contributed by atoms with van der Waals surface area (Å²) in [6.45, 7) is 2.79. The molecule has 0 saturated carbocycles. The van der Waals surface area contributed by atoms with Gasteiger partial charge in [-0.1, -0.05) is 30.3 Å². The molecule has 1 N–H and O–H groups in total. The van der Waals surface area contributed by atoms with Crippen LogP contribution in [0.3, 0.4) is 0 Å². The zero-order valence-corrected chi connectivity index (χ0v) is 19.0. The lowest BCUT2D eigenvalue weighted by Gasteiger charge is -2.15. The number of rotatable bonds is 7. The lowest BCUT2D eigenvalue weighted by molar-refractivity contribution is 0.102. The zero-order chi connectivity index (χ0) is 19.9. The van der Waals surface area contributed by atoms with E-state index in [1.54, 1.807) is 12.1 Å². The van der Waals surface area contributed by atoms with Crippen molar-refractivity contribution in [2.45, 2.75) is 13.5 Å². The maximum absolute atomic E-state index is 12.7. The quantitative estimate of drug-likeness (QED) is 0.351. The van der Waals surface area contributed by atoms with Crippen molar-refractivity contribution in [1.29, 1.82) is 0 Å². The third kappa shape index (κ3) is 5.48. The average molecular weight is 552 g/mol. The number of benzene rings is 3. The standard InChI is InChI=1S/C22H19BrINO3/c1-2-27-21-19(23)12-16(22(26)25-18-10-8-17(24)9-11-18)13-20(21)28-14-15-6-4-3-5-7-15/h3-13H,2,14H2,1H3,(H,25,26). The fraction of sp³-hybridized carbons (Fsp3) is 0.136. The number of anilines is 1. The van der Waals surface area contributed by atoms with Crippen LogP contribution in [0.2, 0.25) is 0 Å². The molecule has 0 radical (unpaired) electrons. The van der Waals surface area contributed by atoms with Gasteiger partial charge in [-0.05, 0) is 87.4 Å². The van der Waals surface area contributed by atoms with E-state index < -0.39 is 0 Å². The highest BCUT2D eigenvalue weighted by molar-refractivity contribution is 14.1. The van der Waals surface area contributed by atoms with Crippen LogP contribution in [-0.2, 0) is 6.61 Å². The van der Waals surface area contributed by atoms with Crippen molar-refractivity contribution in [2.75, 3.05) is 11.9 Å². The Kier molecular flexibility index (Phi) is 7.33. The summed E-state index contributed by atoms with van der Waals surface area (Å²) in [5, 5.41) is 2.91. The highest BCUT2D eigenvalue weighted by atomic mass is 127. The smallest absolute Gasteiger partial charge is 0.255 e. The van der Waals surface area contributed by atoms with Crippen molar-refractivity contribution >= 4 is 50.1 Å². The van der Waals surface area contributed by atoms with Gasteiger partial charge >= 0.3 is 0 Å². The Balaban J connectivity index is 1.83. The average Bonchev–Trinajstić information content (AvgIpc) is 2.70. The summed E-state index contributed by atoms with van der Waals surface area (Å²) in [5.41, 5.74) is 2.26. The van der Waals surface area contributed by atoms with Crippen LogP contribution in [0.5, 0.6) is 11.5 Å². The lowest BCUT2D eigenvalue weighted by Crippen LogP contribution is -2.12. The molecule has 0 atom stereocenters. The van der Waals surface area contributed by atoms with E-state index in [4.69, 9.17) is 9.47 Å². The largest absolute Gasteiger partial charge is 0.489 e. The van der Waals surface area contributed by atoms with Gasteiger partial charge in [-0.15, -0.1) is 0 Å². The fourth-order valence-electron chi connectivity index (χ4n) is 2.56. The normalized spacial score (nSPS) is 10.4. The van der Waals surface area contributed by atoms with E-state index in [1.165, 1.54) is 0 Å². The second kappa shape index (κ2) is 9.93. The van der Waals surface area contributed by atoms with Gasteiger partial charge in [0.1, 0.15) is 6.61 Å². The Morgan fingerprint density at radius 2 is 1.75 bits per heavy atom. The number of carbonyl (C=O) groups is 1. The summed E-state index contributed by atoms with van der Waals surface area (Å²) in [6.07, 6.45) is 0. The lowest BCUT2D eigenvalue weighted by atomic mass is 10.1. The molecule has 4 nitrogen and oxygen atoms in total. The van der Waals surface area contributed by atoms with Crippen LogP contribution in [0.1, 0.15) is 22.8 Å². The molecule has 0 aromatic heterocycles. The van der Waals surface area contributed by atoms with Crippen molar-refractivity contribution in [3.63, 3.8) is 0 Å². The van der Waals surface area contributed by atoms with E-state index in [2.05, 4.69) is 43.8 Å². The van der Waals surface area contributed by atoms with E-state index in [9.17, 15) is 4.79 Å². The monoisotopic (exact) mass is 551 g/mol. The number of ether oxygens (including phenoxy) is 2. The number of carbonyl (C=O) groups excluding carboxylic acids is 1. The minimum atomic E-state index is -0.213. The second-order valence-corrected chi connectivity index (χ2v) is 8.05. The summed E-state index contributed by atoms with van der Waals surface area (Å²) in [6, 6.07) is 20.9. The number of halogens is 2. The van der Waals surface area contributed by atoms with Crippen LogP contribution in [0.4, 0.5) is 5.69 Å². The maximum Gasteiger partial charge on any atom is 0.255 e. The van der Waals surface area contributed by atoms with Crippen LogP contribution < -0.4 is 14.8 Å². The summed E-state index contributed by atoms with van der Waals surface area (Å²) in [4.78, 5) is 12.7. The molecule has 28 heavy (non-hydrogen) atoms. The highest BCUT2D eigenvalue weighted by Crippen LogP contribution is 2.37. The van der Waals surface area contributed by atoms with Crippen LogP contribution in [-0.4, -0.2) is 12.5 Å². The molecule has 3 aromatic rings. The molecular weight excluding hydrogens is 533 g/mol. The molecule has 144 valence electrons. The van der Waals surface area contributed by atoms with Crippen molar-refractivity contribution in [2.24, 2.45) is 0 Å². The van der Waals surface area contributed by atoms with Crippen LogP contribution >= 0.6 is 38.5 Å². The molecule has 3 aromatic carbocycles. The summed E-state index contributed by atoms with van der Waals surface area (Å²) < 4.78 is 13.5. The van der Waals surface area contributed by atoms with E-state index in [0.717, 1.165) is 14.8 Å².